The summed E-state index contributed by atoms with van der Waals surface area (Å²) in [7, 11) is 0. The van der Waals surface area contributed by atoms with Gasteiger partial charge in [0.1, 0.15) is 12.7 Å². The highest BCUT2D eigenvalue weighted by Gasteiger charge is 2.41. The number of rotatable bonds is 2. The molecule has 128 valence electrons. The molecule has 5 atom stereocenters. The molecule has 1 aliphatic heterocycles. The summed E-state index contributed by atoms with van der Waals surface area (Å²) in [6.45, 7) is 6.87. The lowest BCUT2D eigenvalue weighted by molar-refractivity contribution is -0.143. The number of ether oxygens (including phenoxy) is 2. The zero-order chi connectivity index (χ0) is 17.1. The second-order valence-electron chi connectivity index (χ2n) is 6.34. The fraction of sp³-hybridized carbons (Fsp3) is 0.647. The van der Waals surface area contributed by atoms with Crippen molar-refractivity contribution in [1.29, 1.82) is 0 Å². The van der Waals surface area contributed by atoms with E-state index in [1.165, 1.54) is 6.92 Å². The maximum absolute atomic E-state index is 11.9. The number of esters is 2. The maximum atomic E-state index is 11.9. The van der Waals surface area contributed by atoms with Crippen LogP contribution >= 0.6 is 0 Å². The van der Waals surface area contributed by atoms with Crippen LogP contribution in [0, 0.1) is 11.8 Å². The average Bonchev–Trinajstić information content (AvgIpc) is 2.74. The molecule has 1 saturated heterocycles. The number of carbonyl (C=O) groups excluding carboxylic acids is 2. The summed E-state index contributed by atoms with van der Waals surface area (Å²) in [4.78, 5) is 22.9. The topological polar surface area (TPSA) is 93.1 Å². The van der Waals surface area contributed by atoms with E-state index in [4.69, 9.17) is 9.47 Å². The predicted molar refractivity (Wildman–Crippen MR) is 82.3 cm³/mol. The molecule has 0 radical (unpaired) electrons. The third kappa shape index (κ3) is 4.20. The molecule has 0 aromatic heterocycles. The van der Waals surface area contributed by atoms with Crippen LogP contribution in [0.4, 0.5) is 0 Å². The van der Waals surface area contributed by atoms with Gasteiger partial charge in [-0.3, -0.25) is 9.59 Å². The minimum Gasteiger partial charge on any atom is -0.461 e. The third-order valence-electron chi connectivity index (χ3n) is 4.65. The standard InChI is InChI=1S/C17H24O6/c1-9-4-5-13-10(2)17(21)23-16(13)6-12(8-22-11(3)18)15(20)7-14(9)19/h6,10,13-16,19-20H,1,4-5,7-8H2,2-3H3/t10-,13+,14-,15+,16+/m1/s1. The molecule has 6 heteroatoms. The Morgan fingerprint density at radius 3 is 2.78 bits per heavy atom. The second-order valence-corrected chi connectivity index (χ2v) is 6.34. The van der Waals surface area contributed by atoms with Crippen molar-refractivity contribution in [3.63, 3.8) is 0 Å². The van der Waals surface area contributed by atoms with Crippen LogP contribution in [-0.4, -0.2) is 47.1 Å². The highest BCUT2D eigenvalue weighted by molar-refractivity contribution is 5.75. The average molecular weight is 324 g/mol. The Labute approximate surface area is 135 Å². The summed E-state index contributed by atoms with van der Waals surface area (Å²) in [6.07, 6.45) is 0.697. The van der Waals surface area contributed by atoms with Crippen LogP contribution in [0.2, 0.25) is 0 Å². The van der Waals surface area contributed by atoms with E-state index in [9.17, 15) is 19.8 Å². The van der Waals surface area contributed by atoms with Gasteiger partial charge >= 0.3 is 11.9 Å². The van der Waals surface area contributed by atoms with E-state index in [-0.39, 0.29) is 30.8 Å². The van der Waals surface area contributed by atoms with Crippen LogP contribution in [0.15, 0.2) is 23.8 Å². The minimum atomic E-state index is -0.991. The van der Waals surface area contributed by atoms with E-state index in [0.29, 0.717) is 24.0 Å². The van der Waals surface area contributed by atoms with Gasteiger partial charge in [0.15, 0.2) is 0 Å². The molecule has 0 spiro atoms. The summed E-state index contributed by atoms with van der Waals surface area (Å²) >= 11 is 0. The molecule has 1 fully saturated rings. The van der Waals surface area contributed by atoms with Gasteiger partial charge in [0.2, 0.25) is 0 Å². The largest absolute Gasteiger partial charge is 0.461 e. The molecule has 2 aliphatic rings. The van der Waals surface area contributed by atoms with Crippen molar-refractivity contribution < 1.29 is 29.3 Å². The summed E-state index contributed by atoms with van der Waals surface area (Å²) in [5.74, 6) is -1.05. The van der Waals surface area contributed by atoms with Crippen LogP contribution in [0.25, 0.3) is 0 Å². The van der Waals surface area contributed by atoms with Gasteiger partial charge in [-0.2, -0.15) is 0 Å². The summed E-state index contributed by atoms with van der Waals surface area (Å²) in [6, 6.07) is 0. The molecule has 23 heavy (non-hydrogen) atoms. The molecule has 0 aromatic rings. The number of fused-ring (bicyclic) bond motifs is 1. The fourth-order valence-corrected chi connectivity index (χ4v) is 3.06. The number of aliphatic hydroxyl groups is 2. The Morgan fingerprint density at radius 2 is 2.13 bits per heavy atom. The van der Waals surface area contributed by atoms with Gasteiger partial charge in [0.05, 0.1) is 18.1 Å². The molecule has 0 bridgehead atoms. The first-order chi connectivity index (χ1) is 10.8. The van der Waals surface area contributed by atoms with Crippen molar-refractivity contribution in [3.05, 3.63) is 23.8 Å². The van der Waals surface area contributed by atoms with E-state index in [0.717, 1.165) is 0 Å². The number of carbonyl (C=O) groups is 2. The van der Waals surface area contributed by atoms with Crippen molar-refractivity contribution >= 4 is 11.9 Å². The molecular weight excluding hydrogens is 300 g/mol. The quantitative estimate of drug-likeness (QED) is 0.584. The second kappa shape index (κ2) is 7.27. The molecule has 1 aliphatic carbocycles. The smallest absolute Gasteiger partial charge is 0.309 e. The normalized spacial score (nSPS) is 35.1. The van der Waals surface area contributed by atoms with Crippen molar-refractivity contribution in [2.45, 2.75) is 51.4 Å². The molecule has 2 rings (SSSR count). The molecule has 2 N–H and O–H groups in total. The molecule has 0 unspecified atom stereocenters. The van der Waals surface area contributed by atoms with Crippen LogP contribution in [0.5, 0.6) is 0 Å². The summed E-state index contributed by atoms with van der Waals surface area (Å²) in [5.41, 5.74) is 1.06. The Hall–Kier alpha value is -1.66. The molecular formula is C17H24O6. The number of hydrogen-bond donors (Lipinski definition) is 2. The molecule has 0 amide bonds. The molecule has 1 heterocycles. The highest BCUT2D eigenvalue weighted by Crippen LogP contribution is 2.36. The minimum absolute atomic E-state index is 0.0518. The van der Waals surface area contributed by atoms with E-state index in [1.807, 2.05) is 6.92 Å². The Morgan fingerprint density at radius 1 is 1.43 bits per heavy atom. The van der Waals surface area contributed by atoms with Gasteiger partial charge in [-0.05, 0) is 30.1 Å². The first kappa shape index (κ1) is 17.7. The zero-order valence-corrected chi connectivity index (χ0v) is 13.5. The van der Waals surface area contributed by atoms with Gasteiger partial charge in [-0.15, -0.1) is 0 Å². The third-order valence-corrected chi connectivity index (χ3v) is 4.65. The molecule has 6 nitrogen and oxygen atoms in total. The summed E-state index contributed by atoms with van der Waals surface area (Å²) in [5, 5.41) is 20.5. The molecule has 0 saturated carbocycles. The van der Waals surface area contributed by atoms with Gasteiger partial charge < -0.3 is 19.7 Å². The number of aliphatic hydroxyl groups excluding tert-OH is 2. The lowest BCUT2D eigenvalue weighted by Gasteiger charge is -2.25. The highest BCUT2D eigenvalue weighted by atomic mass is 16.6. The van der Waals surface area contributed by atoms with E-state index in [1.54, 1.807) is 6.08 Å². The Kier molecular flexibility index (Phi) is 5.59. The van der Waals surface area contributed by atoms with Crippen molar-refractivity contribution in [2.75, 3.05) is 6.61 Å². The first-order valence-electron chi connectivity index (χ1n) is 7.87. The van der Waals surface area contributed by atoms with E-state index < -0.39 is 24.3 Å². The Balaban J connectivity index is 2.30. The monoisotopic (exact) mass is 324 g/mol. The fourth-order valence-electron chi connectivity index (χ4n) is 3.06. The zero-order valence-electron chi connectivity index (χ0n) is 13.5. The van der Waals surface area contributed by atoms with Gasteiger partial charge in [0, 0.05) is 19.3 Å². The Bertz CT molecular complexity index is 523. The number of hydrogen-bond acceptors (Lipinski definition) is 6. The first-order valence-corrected chi connectivity index (χ1v) is 7.87. The van der Waals surface area contributed by atoms with E-state index >= 15 is 0 Å². The van der Waals surface area contributed by atoms with Gasteiger partial charge in [-0.1, -0.05) is 13.5 Å². The van der Waals surface area contributed by atoms with Crippen LogP contribution in [-0.2, 0) is 19.1 Å². The van der Waals surface area contributed by atoms with Crippen molar-refractivity contribution in [3.8, 4) is 0 Å². The van der Waals surface area contributed by atoms with E-state index in [2.05, 4.69) is 6.58 Å². The maximum Gasteiger partial charge on any atom is 0.309 e. The van der Waals surface area contributed by atoms with Crippen LogP contribution < -0.4 is 0 Å². The van der Waals surface area contributed by atoms with Crippen LogP contribution in [0.3, 0.4) is 0 Å². The van der Waals surface area contributed by atoms with Crippen LogP contribution in [0.1, 0.15) is 33.1 Å². The SMILES string of the molecule is C=C1CC[C@@H]2[C@H](C=C(COC(C)=O)[C@@H](O)C[C@H]1O)OC(=O)[C@@H]2C. The molecule has 0 aromatic carbocycles. The summed E-state index contributed by atoms with van der Waals surface area (Å²) < 4.78 is 10.4. The van der Waals surface area contributed by atoms with Crippen molar-refractivity contribution in [2.24, 2.45) is 11.8 Å². The van der Waals surface area contributed by atoms with Gasteiger partial charge in [-0.25, -0.2) is 0 Å². The van der Waals surface area contributed by atoms with Crippen molar-refractivity contribution in [1.82, 2.24) is 0 Å². The van der Waals surface area contributed by atoms with Gasteiger partial charge in [0.25, 0.3) is 0 Å². The lowest BCUT2D eigenvalue weighted by atomic mass is 9.83. The predicted octanol–water partition coefficient (Wildman–Crippen LogP) is 1.12. The lowest BCUT2D eigenvalue weighted by Crippen LogP contribution is -2.28.